The molecule has 1 N–H and O–H groups in total. The molecule has 2 heterocycles. The van der Waals surface area contributed by atoms with Gasteiger partial charge >= 0.3 is 0 Å². The minimum atomic E-state index is 0.161. The Morgan fingerprint density at radius 3 is 2.83 bits per heavy atom. The summed E-state index contributed by atoms with van der Waals surface area (Å²) in [7, 11) is 0. The van der Waals surface area contributed by atoms with Crippen LogP contribution in [0.2, 0.25) is 0 Å². The number of nitrogens with zero attached hydrogens (tertiary/aromatic N) is 5. The molecule has 0 bridgehead atoms. The Labute approximate surface area is 137 Å². The van der Waals surface area contributed by atoms with E-state index in [0.717, 1.165) is 25.4 Å². The zero-order valence-corrected chi connectivity index (χ0v) is 13.9. The second-order valence-corrected chi connectivity index (χ2v) is 6.87. The summed E-state index contributed by atoms with van der Waals surface area (Å²) in [5, 5.41) is 14.2. The van der Waals surface area contributed by atoms with E-state index in [1.165, 1.54) is 45.1 Å². The van der Waals surface area contributed by atoms with E-state index in [0.29, 0.717) is 19.0 Å². The Morgan fingerprint density at radius 1 is 1.17 bits per heavy atom. The Bertz CT molecular complexity index is 471. The molecule has 1 aliphatic carbocycles. The molecule has 7 heteroatoms. The molecule has 3 rings (SSSR count). The van der Waals surface area contributed by atoms with Crippen LogP contribution >= 0.6 is 0 Å². The van der Waals surface area contributed by atoms with Gasteiger partial charge in [-0.25, -0.2) is 4.68 Å². The molecular formula is C16H28N6O. The highest BCUT2D eigenvalue weighted by atomic mass is 16.1. The van der Waals surface area contributed by atoms with Gasteiger partial charge in [0.05, 0.1) is 0 Å². The largest absolute Gasteiger partial charge is 0.352 e. The summed E-state index contributed by atoms with van der Waals surface area (Å²) in [6.07, 6.45) is 12.0. The maximum atomic E-state index is 12.1. The van der Waals surface area contributed by atoms with Crippen molar-refractivity contribution in [3.05, 3.63) is 6.33 Å². The van der Waals surface area contributed by atoms with E-state index >= 15 is 0 Å². The monoisotopic (exact) mass is 320 g/mol. The van der Waals surface area contributed by atoms with E-state index < -0.39 is 0 Å². The number of aryl methyl sites for hydroxylation is 1. The van der Waals surface area contributed by atoms with Crippen molar-refractivity contribution in [1.82, 2.24) is 30.4 Å². The highest BCUT2D eigenvalue weighted by Crippen LogP contribution is 2.25. The predicted molar refractivity (Wildman–Crippen MR) is 86.7 cm³/mol. The lowest BCUT2D eigenvalue weighted by Crippen LogP contribution is -2.51. The minimum Gasteiger partial charge on any atom is -0.352 e. The fourth-order valence-electron chi connectivity index (χ4n) is 3.89. The number of hydrogen-bond acceptors (Lipinski definition) is 5. The van der Waals surface area contributed by atoms with Crippen LogP contribution in [0.1, 0.15) is 57.8 Å². The van der Waals surface area contributed by atoms with E-state index in [9.17, 15) is 4.79 Å². The molecule has 1 amide bonds. The van der Waals surface area contributed by atoms with Crippen LogP contribution < -0.4 is 5.32 Å². The first-order valence-electron chi connectivity index (χ1n) is 9.05. The fourth-order valence-corrected chi connectivity index (χ4v) is 3.89. The van der Waals surface area contributed by atoms with Gasteiger partial charge in [-0.2, -0.15) is 0 Å². The minimum absolute atomic E-state index is 0.161. The summed E-state index contributed by atoms with van der Waals surface area (Å²) in [6, 6.07) is 1.08. The van der Waals surface area contributed by atoms with Crippen molar-refractivity contribution in [2.75, 3.05) is 13.1 Å². The summed E-state index contributed by atoms with van der Waals surface area (Å²) in [6.45, 7) is 2.93. The fraction of sp³-hybridized carbons (Fsp3) is 0.875. The molecule has 1 saturated carbocycles. The molecule has 23 heavy (non-hydrogen) atoms. The Balaban J connectivity index is 1.37. The maximum absolute atomic E-state index is 12.1. The van der Waals surface area contributed by atoms with Gasteiger partial charge in [0.25, 0.3) is 0 Å². The third-order valence-corrected chi connectivity index (χ3v) is 5.09. The zero-order valence-electron chi connectivity index (χ0n) is 13.9. The van der Waals surface area contributed by atoms with Gasteiger partial charge in [0, 0.05) is 31.6 Å². The third kappa shape index (κ3) is 4.99. The van der Waals surface area contributed by atoms with Crippen molar-refractivity contribution in [3.8, 4) is 0 Å². The van der Waals surface area contributed by atoms with Gasteiger partial charge < -0.3 is 5.32 Å². The number of nitrogens with one attached hydrogen (secondary N) is 1. The Hall–Kier alpha value is -1.50. The first-order chi connectivity index (χ1) is 11.3. The van der Waals surface area contributed by atoms with Gasteiger partial charge in [0.2, 0.25) is 5.91 Å². The number of rotatable bonds is 6. The molecule has 1 aliphatic heterocycles. The maximum Gasteiger partial charge on any atom is 0.220 e. The van der Waals surface area contributed by atoms with Crippen molar-refractivity contribution in [3.63, 3.8) is 0 Å². The highest BCUT2D eigenvalue weighted by Gasteiger charge is 2.27. The summed E-state index contributed by atoms with van der Waals surface area (Å²) >= 11 is 0. The smallest absolute Gasteiger partial charge is 0.220 e. The second-order valence-electron chi connectivity index (χ2n) is 6.87. The molecule has 2 fully saturated rings. The average molecular weight is 320 g/mol. The second kappa shape index (κ2) is 8.38. The van der Waals surface area contributed by atoms with Crippen LogP contribution in [0.25, 0.3) is 0 Å². The van der Waals surface area contributed by atoms with Crippen molar-refractivity contribution < 1.29 is 4.79 Å². The number of piperidine rings is 1. The van der Waals surface area contributed by atoms with Crippen LogP contribution in [0.15, 0.2) is 6.33 Å². The third-order valence-electron chi connectivity index (χ3n) is 5.09. The van der Waals surface area contributed by atoms with Gasteiger partial charge in [-0.3, -0.25) is 9.69 Å². The van der Waals surface area contributed by atoms with Crippen LogP contribution in [-0.4, -0.2) is 56.2 Å². The molecule has 7 nitrogen and oxygen atoms in total. The number of aromatic nitrogens is 4. The highest BCUT2D eigenvalue weighted by molar-refractivity contribution is 5.76. The molecule has 1 aromatic heterocycles. The number of likely N-dealkylation sites (tertiary alicyclic amines) is 1. The van der Waals surface area contributed by atoms with Gasteiger partial charge in [0.1, 0.15) is 6.33 Å². The van der Waals surface area contributed by atoms with Gasteiger partial charge in [-0.05, 0) is 49.1 Å². The van der Waals surface area contributed by atoms with E-state index in [1.54, 1.807) is 11.0 Å². The van der Waals surface area contributed by atoms with Crippen LogP contribution in [0, 0.1) is 0 Å². The number of amides is 1. The van der Waals surface area contributed by atoms with E-state index in [2.05, 4.69) is 25.7 Å². The lowest BCUT2D eigenvalue weighted by atomic mass is 9.92. The molecular weight excluding hydrogens is 292 g/mol. The van der Waals surface area contributed by atoms with E-state index in [4.69, 9.17) is 0 Å². The van der Waals surface area contributed by atoms with Gasteiger partial charge in [-0.1, -0.05) is 19.3 Å². The number of carbonyl (C=O) groups is 1. The first kappa shape index (κ1) is 16.4. The topological polar surface area (TPSA) is 75.9 Å². The quantitative estimate of drug-likeness (QED) is 0.856. The molecule has 1 aromatic rings. The predicted octanol–water partition coefficient (Wildman–Crippen LogP) is 1.37. The molecule has 128 valence electrons. The van der Waals surface area contributed by atoms with E-state index in [-0.39, 0.29) is 5.91 Å². The Kier molecular flexibility index (Phi) is 5.96. The van der Waals surface area contributed by atoms with Crippen molar-refractivity contribution >= 4 is 5.91 Å². The van der Waals surface area contributed by atoms with Crippen LogP contribution in [0.4, 0.5) is 0 Å². The van der Waals surface area contributed by atoms with Crippen molar-refractivity contribution in [2.24, 2.45) is 0 Å². The van der Waals surface area contributed by atoms with Gasteiger partial charge in [-0.15, -0.1) is 5.10 Å². The number of carbonyl (C=O) groups excluding carboxylic acids is 1. The zero-order chi connectivity index (χ0) is 15.9. The summed E-state index contributed by atoms with van der Waals surface area (Å²) in [5.74, 6) is 0.161. The summed E-state index contributed by atoms with van der Waals surface area (Å²) in [4.78, 5) is 14.8. The lowest BCUT2D eigenvalue weighted by molar-refractivity contribution is -0.122. The number of tetrazole rings is 1. The average Bonchev–Trinajstić information content (AvgIpc) is 3.09. The number of hydrogen-bond donors (Lipinski definition) is 1. The first-order valence-corrected chi connectivity index (χ1v) is 9.05. The lowest BCUT2D eigenvalue weighted by Gasteiger charge is -2.40. The summed E-state index contributed by atoms with van der Waals surface area (Å²) < 4.78 is 1.67. The molecule has 0 spiro atoms. The van der Waals surface area contributed by atoms with E-state index in [1.807, 2.05) is 0 Å². The summed E-state index contributed by atoms with van der Waals surface area (Å²) in [5.41, 5.74) is 0. The van der Waals surface area contributed by atoms with Crippen molar-refractivity contribution in [1.29, 1.82) is 0 Å². The molecule has 1 atom stereocenters. The van der Waals surface area contributed by atoms with Crippen LogP contribution in [0.5, 0.6) is 0 Å². The normalized spacial score (nSPS) is 23.7. The van der Waals surface area contributed by atoms with Crippen LogP contribution in [0.3, 0.4) is 0 Å². The SMILES string of the molecule is O=C(CCCn1cnnn1)NC1CCCN(C2CCCCC2)C1. The van der Waals surface area contributed by atoms with Crippen LogP contribution in [-0.2, 0) is 11.3 Å². The van der Waals surface area contributed by atoms with Gasteiger partial charge in [0.15, 0.2) is 0 Å². The molecule has 0 aromatic carbocycles. The Morgan fingerprint density at radius 2 is 2.04 bits per heavy atom. The molecule has 1 unspecified atom stereocenters. The molecule has 0 radical (unpaired) electrons. The van der Waals surface area contributed by atoms with Crippen molar-refractivity contribution in [2.45, 2.75) is 76.4 Å². The molecule has 2 aliphatic rings. The standard InChI is InChI=1S/C16H28N6O/c23-16(9-5-11-22-13-17-19-20-22)18-14-6-4-10-21(12-14)15-7-2-1-3-8-15/h13-15H,1-12H2,(H,18,23). The molecule has 1 saturated heterocycles.